The summed E-state index contributed by atoms with van der Waals surface area (Å²) in [6.07, 6.45) is 0. The fraction of sp³-hybridized carbons (Fsp3) is 0.0909. The zero-order chi connectivity index (χ0) is 22.4. The summed E-state index contributed by atoms with van der Waals surface area (Å²) in [4.78, 5) is 14.1. The number of nitrogens with zero attached hydrogens (tertiary/aromatic N) is 1. The van der Waals surface area contributed by atoms with Crippen molar-refractivity contribution in [2.24, 2.45) is 5.73 Å². The number of nitrogen functional groups attached to an aromatic ring is 1. The molecule has 0 atom stereocenters. The van der Waals surface area contributed by atoms with E-state index in [0.717, 1.165) is 11.1 Å². The molecule has 0 saturated heterocycles. The summed E-state index contributed by atoms with van der Waals surface area (Å²) in [6.45, 7) is 0.312. The van der Waals surface area contributed by atoms with Crippen molar-refractivity contribution in [2.45, 2.75) is 6.54 Å². The minimum atomic E-state index is -2.87. The number of nitrogens with two attached hydrogens (primary N) is 1. The van der Waals surface area contributed by atoms with Crippen LogP contribution in [0.1, 0.15) is 11.1 Å². The number of amides is 2. The van der Waals surface area contributed by atoms with Crippen molar-refractivity contribution in [3.63, 3.8) is 0 Å². The van der Waals surface area contributed by atoms with Crippen LogP contribution in [-0.2, 0) is 17.4 Å². The predicted molar refractivity (Wildman–Crippen MR) is 124 cm³/mol. The number of hydrogen-bond acceptors (Lipinski definition) is 4. The standard InChI is InChI=1S/C22H23N5O3S/c1-27(14-15-6-5-9-17(12-15)21(23)24)22(28)25-18-10-11-19(16-7-3-2-4-8-16)20(13-18)26-31(29)30/h2-13,31H,14H2,1H3,(H3,23,24)(H,25,28)(H,26,29,30). The Labute approximate surface area is 182 Å². The van der Waals surface area contributed by atoms with E-state index in [9.17, 15) is 13.2 Å². The quantitative estimate of drug-likeness (QED) is 0.221. The summed E-state index contributed by atoms with van der Waals surface area (Å²) in [5.74, 6) is -0.0378. The maximum absolute atomic E-state index is 12.6. The highest BCUT2D eigenvalue weighted by Gasteiger charge is 2.13. The van der Waals surface area contributed by atoms with Crippen LogP contribution in [-0.4, -0.2) is 32.2 Å². The minimum Gasteiger partial charge on any atom is -0.384 e. The van der Waals surface area contributed by atoms with E-state index in [1.54, 1.807) is 43.4 Å². The largest absolute Gasteiger partial charge is 0.384 e. The highest BCUT2D eigenvalue weighted by atomic mass is 32.2. The van der Waals surface area contributed by atoms with Crippen LogP contribution >= 0.6 is 0 Å². The maximum Gasteiger partial charge on any atom is 0.321 e. The molecule has 0 radical (unpaired) electrons. The summed E-state index contributed by atoms with van der Waals surface area (Å²) >= 11 is 0. The number of rotatable bonds is 7. The lowest BCUT2D eigenvalue weighted by Crippen LogP contribution is -2.31. The molecule has 0 fully saturated rings. The molecule has 5 N–H and O–H groups in total. The van der Waals surface area contributed by atoms with Gasteiger partial charge in [-0.15, -0.1) is 0 Å². The Morgan fingerprint density at radius 2 is 1.77 bits per heavy atom. The summed E-state index contributed by atoms with van der Waals surface area (Å²) < 4.78 is 25.0. The summed E-state index contributed by atoms with van der Waals surface area (Å²) in [5.41, 5.74) is 9.31. The Bertz CT molecular complexity index is 1170. The lowest BCUT2D eigenvalue weighted by atomic mass is 10.0. The second-order valence-corrected chi connectivity index (χ2v) is 7.63. The third-order valence-electron chi connectivity index (χ3n) is 4.57. The van der Waals surface area contributed by atoms with Crippen molar-refractivity contribution >= 4 is 34.1 Å². The number of carbonyl (C=O) groups is 1. The lowest BCUT2D eigenvalue weighted by molar-refractivity contribution is 0.220. The average Bonchev–Trinajstić information content (AvgIpc) is 2.74. The summed E-state index contributed by atoms with van der Waals surface area (Å²) in [6, 6.07) is 21.2. The molecule has 2 amide bonds. The molecule has 0 heterocycles. The van der Waals surface area contributed by atoms with Crippen LogP contribution < -0.4 is 15.8 Å². The second kappa shape index (κ2) is 9.77. The fourth-order valence-electron chi connectivity index (χ4n) is 3.08. The van der Waals surface area contributed by atoms with E-state index in [1.807, 2.05) is 36.4 Å². The van der Waals surface area contributed by atoms with Gasteiger partial charge in [0.15, 0.2) is 0 Å². The van der Waals surface area contributed by atoms with E-state index >= 15 is 0 Å². The van der Waals surface area contributed by atoms with Crippen LogP contribution in [0.5, 0.6) is 0 Å². The number of thiol groups is 1. The van der Waals surface area contributed by atoms with E-state index < -0.39 is 10.9 Å². The number of urea groups is 1. The minimum absolute atomic E-state index is 0.0378. The van der Waals surface area contributed by atoms with E-state index in [4.69, 9.17) is 11.1 Å². The molecule has 0 aliphatic heterocycles. The van der Waals surface area contributed by atoms with Gasteiger partial charge in [0.05, 0.1) is 5.69 Å². The van der Waals surface area contributed by atoms with Crippen LogP contribution in [0.2, 0.25) is 0 Å². The normalized spacial score (nSPS) is 10.5. The van der Waals surface area contributed by atoms with Crippen LogP contribution in [0.15, 0.2) is 72.8 Å². The Hall–Kier alpha value is -3.85. The molecule has 3 aromatic rings. The van der Waals surface area contributed by atoms with Crippen molar-refractivity contribution in [1.82, 2.24) is 4.90 Å². The molecule has 9 heteroatoms. The Morgan fingerprint density at radius 1 is 1.03 bits per heavy atom. The Kier molecular flexibility index (Phi) is 6.88. The number of anilines is 2. The van der Waals surface area contributed by atoms with Crippen LogP contribution in [0.4, 0.5) is 16.2 Å². The molecule has 3 rings (SSSR count). The molecule has 31 heavy (non-hydrogen) atoms. The smallest absolute Gasteiger partial charge is 0.321 e. The summed E-state index contributed by atoms with van der Waals surface area (Å²) in [5, 5.41) is 10.3. The first kappa shape index (κ1) is 21.8. The predicted octanol–water partition coefficient (Wildman–Crippen LogP) is 3.24. The van der Waals surface area contributed by atoms with Crippen molar-refractivity contribution in [3.05, 3.63) is 83.9 Å². The first-order valence-electron chi connectivity index (χ1n) is 9.39. The van der Waals surface area contributed by atoms with Crippen molar-refractivity contribution < 1.29 is 13.2 Å². The molecule has 0 aliphatic rings. The van der Waals surface area contributed by atoms with Gasteiger partial charge in [-0.25, -0.2) is 13.2 Å². The topological polar surface area (TPSA) is 128 Å². The molecule has 8 nitrogen and oxygen atoms in total. The van der Waals surface area contributed by atoms with Crippen LogP contribution in [0, 0.1) is 5.41 Å². The van der Waals surface area contributed by atoms with Crippen molar-refractivity contribution in [3.8, 4) is 11.1 Å². The molecular formula is C22H23N5O3S. The Balaban J connectivity index is 1.77. The van der Waals surface area contributed by atoms with Gasteiger partial charge < -0.3 is 16.0 Å². The SMILES string of the molecule is CN(Cc1cccc(C(=N)N)c1)C(=O)Nc1ccc(-c2ccccc2)c(N[SH](=O)=O)c1. The first-order chi connectivity index (χ1) is 14.8. The van der Waals surface area contributed by atoms with Gasteiger partial charge >= 0.3 is 6.03 Å². The first-order valence-corrected chi connectivity index (χ1v) is 10.6. The molecule has 0 aromatic heterocycles. The van der Waals surface area contributed by atoms with Gasteiger partial charge in [-0.1, -0.05) is 54.6 Å². The Morgan fingerprint density at radius 3 is 2.45 bits per heavy atom. The lowest BCUT2D eigenvalue weighted by Gasteiger charge is -2.19. The van der Waals surface area contributed by atoms with Gasteiger partial charge in [-0.2, -0.15) is 0 Å². The van der Waals surface area contributed by atoms with Gasteiger partial charge in [-0.3, -0.25) is 10.1 Å². The molecule has 0 unspecified atom stereocenters. The molecule has 3 aromatic carbocycles. The second-order valence-electron chi connectivity index (χ2n) is 6.90. The monoisotopic (exact) mass is 437 g/mol. The van der Waals surface area contributed by atoms with Crippen molar-refractivity contribution in [2.75, 3.05) is 17.1 Å². The zero-order valence-electron chi connectivity index (χ0n) is 16.8. The number of benzene rings is 3. The number of carbonyl (C=O) groups excluding carboxylic acids is 1. The average molecular weight is 438 g/mol. The molecular weight excluding hydrogens is 414 g/mol. The van der Waals surface area contributed by atoms with E-state index in [2.05, 4.69) is 10.0 Å². The van der Waals surface area contributed by atoms with Crippen molar-refractivity contribution in [1.29, 1.82) is 5.41 Å². The van der Waals surface area contributed by atoms with Gasteiger partial charge in [0, 0.05) is 30.4 Å². The third-order valence-corrected chi connectivity index (χ3v) is 5.00. The zero-order valence-corrected chi connectivity index (χ0v) is 17.7. The van der Waals surface area contributed by atoms with Crippen LogP contribution in [0.25, 0.3) is 11.1 Å². The van der Waals surface area contributed by atoms with E-state index in [1.165, 1.54) is 4.90 Å². The number of amidine groups is 1. The molecule has 0 saturated carbocycles. The van der Waals surface area contributed by atoms with Gasteiger partial charge in [-0.05, 0) is 29.3 Å². The summed E-state index contributed by atoms with van der Waals surface area (Å²) in [7, 11) is -1.23. The van der Waals surface area contributed by atoms with Crippen LogP contribution in [0.3, 0.4) is 0 Å². The number of hydrogen-bond donors (Lipinski definition) is 5. The molecule has 160 valence electrons. The highest BCUT2D eigenvalue weighted by Crippen LogP contribution is 2.30. The fourth-order valence-corrected chi connectivity index (χ4v) is 3.47. The third kappa shape index (κ3) is 5.83. The highest BCUT2D eigenvalue weighted by molar-refractivity contribution is 7.73. The number of nitrogens with one attached hydrogen (secondary N) is 3. The van der Waals surface area contributed by atoms with Gasteiger partial charge in [0.25, 0.3) is 0 Å². The van der Waals surface area contributed by atoms with E-state index in [0.29, 0.717) is 29.0 Å². The van der Waals surface area contributed by atoms with Gasteiger partial charge in [0.1, 0.15) is 5.84 Å². The molecule has 0 spiro atoms. The van der Waals surface area contributed by atoms with Gasteiger partial charge in [0.2, 0.25) is 10.9 Å². The van der Waals surface area contributed by atoms with E-state index in [-0.39, 0.29) is 11.9 Å². The molecule has 0 aliphatic carbocycles. The maximum atomic E-state index is 12.6. The molecule has 0 bridgehead atoms.